The van der Waals surface area contributed by atoms with Crippen LogP contribution in [0.4, 0.5) is 14.5 Å². The minimum absolute atomic E-state index is 0.331. The molecule has 6 aromatic rings. The Hall–Kier alpha value is -4.74. The molecule has 0 saturated heterocycles. The van der Waals surface area contributed by atoms with Gasteiger partial charge in [0.25, 0.3) is 0 Å². The largest absolute Gasteiger partial charge is 0.384 e. The number of anilines is 1. The Kier molecular flexibility index (Phi) is 8.18. The lowest BCUT2D eigenvalue weighted by molar-refractivity contribution is 0.237. The molecule has 0 amide bonds. The molecule has 7 rings (SSSR count). The number of halogens is 2. The van der Waals surface area contributed by atoms with Gasteiger partial charge >= 0.3 is 0 Å². The van der Waals surface area contributed by atoms with Gasteiger partial charge in [-0.1, -0.05) is 12.8 Å². The summed E-state index contributed by atoms with van der Waals surface area (Å²) in [6.07, 6.45) is 10.2. The quantitative estimate of drug-likeness (QED) is 0.154. The average molecular weight is 622 g/mol. The standard InChI is InChI=1S/C35H37F2N9/c1-45(2)13-12-39-25-16-22(15-24(36)17-25)32-33-29(10-11-40-32)41-35(42-33)34-30-28(43-44-34)9-8-27(31(30)37)23-14-21(18-38-19-23)20-46(3)26-6-4-5-7-26/h8-11,14-19,26,39H,4-7,12-13,20H2,1-3H3,(H,41,42)(H,43,44). The maximum atomic E-state index is 16.4. The van der Waals surface area contributed by atoms with Crippen molar-refractivity contribution in [2.75, 3.05) is 39.5 Å². The summed E-state index contributed by atoms with van der Waals surface area (Å²) in [5.74, 6) is -0.393. The number of nitrogens with one attached hydrogen (secondary N) is 3. The molecule has 4 aromatic heterocycles. The van der Waals surface area contributed by atoms with E-state index in [0.717, 1.165) is 18.7 Å². The van der Waals surface area contributed by atoms with Crippen LogP contribution in [0.2, 0.25) is 0 Å². The van der Waals surface area contributed by atoms with Gasteiger partial charge in [0.2, 0.25) is 0 Å². The third kappa shape index (κ3) is 5.95. The Balaban J connectivity index is 1.23. The van der Waals surface area contributed by atoms with Crippen molar-refractivity contribution in [1.29, 1.82) is 0 Å². The number of imidazole rings is 1. The summed E-state index contributed by atoms with van der Waals surface area (Å²) in [5, 5.41) is 11.0. The van der Waals surface area contributed by atoms with E-state index in [1.807, 2.05) is 38.5 Å². The number of nitrogens with zero attached hydrogens (tertiary/aromatic N) is 6. The Labute approximate surface area is 266 Å². The number of hydrogen-bond acceptors (Lipinski definition) is 7. The predicted molar refractivity (Wildman–Crippen MR) is 178 cm³/mol. The van der Waals surface area contributed by atoms with Crippen LogP contribution >= 0.6 is 0 Å². The second-order valence-electron chi connectivity index (χ2n) is 12.5. The zero-order chi connectivity index (χ0) is 31.8. The van der Waals surface area contributed by atoms with Crippen LogP contribution in [-0.2, 0) is 6.54 Å². The number of pyridine rings is 2. The molecular formula is C35H37F2N9. The molecule has 1 aliphatic rings. The minimum atomic E-state index is -0.401. The van der Waals surface area contributed by atoms with E-state index < -0.39 is 5.82 Å². The van der Waals surface area contributed by atoms with Crippen molar-refractivity contribution in [1.82, 2.24) is 39.9 Å². The molecule has 3 N–H and O–H groups in total. The molecule has 2 aromatic carbocycles. The van der Waals surface area contributed by atoms with Crippen molar-refractivity contribution in [3.05, 3.63) is 78.3 Å². The topological polar surface area (TPSA) is 102 Å². The van der Waals surface area contributed by atoms with E-state index in [9.17, 15) is 4.39 Å². The lowest BCUT2D eigenvalue weighted by Crippen LogP contribution is -2.28. The van der Waals surface area contributed by atoms with Gasteiger partial charge in [-0.25, -0.2) is 13.8 Å². The summed E-state index contributed by atoms with van der Waals surface area (Å²) in [6.45, 7) is 2.23. The lowest BCUT2D eigenvalue weighted by Gasteiger charge is -2.24. The van der Waals surface area contributed by atoms with Gasteiger partial charge in [0.15, 0.2) is 5.82 Å². The van der Waals surface area contributed by atoms with Gasteiger partial charge in [-0.05, 0) is 82.0 Å². The van der Waals surface area contributed by atoms with Crippen molar-refractivity contribution >= 4 is 27.6 Å². The van der Waals surface area contributed by atoms with Crippen molar-refractivity contribution in [3.63, 3.8) is 0 Å². The second kappa shape index (κ2) is 12.6. The molecule has 11 heteroatoms. The summed E-state index contributed by atoms with van der Waals surface area (Å²) in [5.41, 5.74) is 6.09. The number of aromatic nitrogens is 6. The summed E-state index contributed by atoms with van der Waals surface area (Å²) < 4.78 is 31.1. The van der Waals surface area contributed by atoms with E-state index >= 15 is 4.39 Å². The van der Waals surface area contributed by atoms with Crippen LogP contribution in [0.1, 0.15) is 31.2 Å². The third-order valence-electron chi connectivity index (χ3n) is 8.84. The number of aromatic amines is 2. The molecule has 0 aliphatic heterocycles. The third-order valence-corrected chi connectivity index (χ3v) is 8.84. The first-order valence-corrected chi connectivity index (χ1v) is 15.7. The van der Waals surface area contributed by atoms with Gasteiger partial charge in [0.05, 0.1) is 22.1 Å². The maximum absolute atomic E-state index is 16.4. The monoisotopic (exact) mass is 621 g/mol. The van der Waals surface area contributed by atoms with E-state index in [4.69, 9.17) is 4.98 Å². The first kappa shape index (κ1) is 29.9. The molecule has 0 atom stereocenters. The van der Waals surface area contributed by atoms with E-state index in [2.05, 4.69) is 47.3 Å². The first-order chi connectivity index (χ1) is 22.3. The van der Waals surface area contributed by atoms with Gasteiger partial charge in [0, 0.05) is 66.6 Å². The highest BCUT2D eigenvalue weighted by Gasteiger charge is 2.22. The number of hydrogen-bond donors (Lipinski definition) is 3. The zero-order valence-electron chi connectivity index (χ0n) is 26.2. The predicted octanol–water partition coefficient (Wildman–Crippen LogP) is 6.86. The van der Waals surface area contributed by atoms with E-state index in [1.54, 1.807) is 24.5 Å². The Morgan fingerprint density at radius 3 is 2.61 bits per heavy atom. The molecule has 46 heavy (non-hydrogen) atoms. The maximum Gasteiger partial charge on any atom is 0.159 e. The van der Waals surface area contributed by atoms with Crippen LogP contribution < -0.4 is 5.32 Å². The molecule has 236 valence electrons. The molecular weight excluding hydrogens is 584 g/mol. The number of likely N-dealkylation sites (N-methyl/N-ethyl adjacent to an activating group) is 1. The van der Waals surface area contributed by atoms with Crippen molar-refractivity contribution in [2.45, 2.75) is 38.3 Å². The average Bonchev–Trinajstić information content (AvgIpc) is 3.81. The molecule has 4 heterocycles. The first-order valence-electron chi connectivity index (χ1n) is 15.7. The molecule has 1 fully saturated rings. The number of benzene rings is 2. The van der Waals surface area contributed by atoms with Crippen molar-refractivity contribution < 1.29 is 8.78 Å². The summed E-state index contributed by atoms with van der Waals surface area (Å²) in [6, 6.07) is 12.7. The molecule has 0 unspecified atom stereocenters. The smallest absolute Gasteiger partial charge is 0.159 e. The molecule has 1 saturated carbocycles. The van der Waals surface area contributed by atoms with Crippen LogP contribution in [0, 0.1) is 11.6 Å². The van der Waals surface area contributed by atoms with E-state index in [-0.39, 0.29) is 5.82 Å². The highest BCUT2D eigenvalue weighted by molar-refractivity contribution is 5.98. The fraction of sp³-hybridized carbons (Fsp3) is 0.314. The normalized spacial score (nSPS) is 14.0. The Morgan fingerprint density at radius 1 is 0.935 bits per heavy atom. The molecule has 0 radical (unpaired) electrons. The summed E-state index contributed by atoms with van der Waals surface area (Å²) in [4.78, 5) is 21.5. The Morgan fingerprint density at radius 2 is 1.78 bits per heavy atom. The van der Waals surface area contributed by atoms with Gasteiger partial charge in [0.1, 0.15) is 22.8 Å². The van der Waals surface area contributed by atoms with Crippen LogP contribution in [-0.4, -0.2) is 80.2 Å². The number of rotatable bonds is 10. The second-order valence-corrected chi connectivity index (χ2v) is 12.5. The lowest BCUT2D eigenvalue weighted by atomic mass is 10.0. The highest BCUT2D eigenvalue weighted by atomic mass is 19.1. The van der Waals surface area contributed by atoms with Crippen LogP contribution in [0.25, 0.3) is 55.8 Å². The zero-order valence-corrected chi connectivity index (χ0v) is 26.2. The fourth-order valence-corrected chi connectivity index (χ4v) is 6.46. The summed E-state index contributed by atoms with van der Waals surface area (Å²) in [7, 11) is 6.12. The molecule has 1 aliphatic carbocycles. The van der Waals surface area contributed by atoms with Crippen LogP contribution in [0.3, 0.4) is 0 Å². The molecule has 0 spiro atoms. The number of H-pyrrole nitrogens is 2. The van der Waals surface area contributed by atoms with Crippen molar-refractivity contribution in [3.8, 4) is 33.9 Å². The van der Waals surface area contributed by atoms with Gasteiger partial charge < -0.3 is 15.2 Å². The van der Waals surface area contributed by atoms with Gasteiger partial charge in [-0.15, -0.1) is 0 Å². The molecule has 9 nitrogen and oxygen atoms in total. The van der Waals surface area contributed by atoms with Crippen molar-refractivity contribution in [2.24, 2.45) is 0 Å². The van der Waals surface area contributed by atoms with E-state index in [0.29, 0.717) is 74.1 Å². The van der Waals surface area contributed by atoms with Crippen LogP contribution in [0.5, 0.6) is 0 Å². The number of fused-ring (bicyclic) bond motifs is 2. The van der Waals surface area contributed by atoms with Crippen LogP contribution in [0.15, 0.2) is 61.1 Å². The van der Waals surface area contributed by atoms with Gasteiger partial charge in [-0.3, -0.25) is 20.0 Å². The SMILES string of the molecule is CN(C)CCNc1cc(F)cc(-c2nccc3[nH]c(-c4n[nH]c5ccc(-c6cncc(CN(C)C7CCCC7)c6)c(F)c45)nc23)c1. The highest BCUT2D eigenvalue weighted by Crippen LogP contribution is 2.36. The van der Waals surface area contributed by atoms with Gasteiger partial charge in [-0.2, -0.15) is 5.10 Å². The Bertz CT molecular complexity index is 2010. The molecule has 0 bridgehead atoms. The minimum Gasteiger partial charge on any atom is -0.384 e. The summed E-state index contributed by atoms with van der Waals surface area (Å²) >= 11 is 0. The van der Waals surface area contributed by atoms with E-state index in [1.165, 1.54) is 37.8 Å². The fourth-order valence-electron chi connectivity index (χ4n) is 6.46.